The molecule has 2 N–H and O–H groups in total. The number of amidine groups is 1. The van der Waals surface area contributed by atoms with Crippen molar-refractivity contribution in [2.24, 2.45) is 0 Å². The van der Waals surface area contributed by atoms with E-state index < -0.39 is 24.7 Å². The Labute approximate surface area is 84.2 Å². The van der Waals surface area contributed by atoms with Crippen LogP contribution in [0.5, 0.6) is 0 Å². The Bertz CT molecular complexity index is 278. The number of rotatable bonds is 2. The Morgan fingerprint density at radius 2 is 2.20 bits per heavy atom. The number of likely N-dealkylation sites (tertiary alicyclic amines) is 1. The second kappa shape index (κ2) is 4.08. The predicted octanol–water partition coefficient (Wildman–Crippen LogP) is 1.47. The van der Waals surface area contributed by atoms with Gasteiger partial charge in [-0.3, -0.25) is 10.2 Å². The topological polar surface area (TPSA) is 64.4 Å². The lowest BCUT2D eigenvalue weighted by atomic mass is 10.0. The van der Waals surface area contributed by atoms with E-state index in [0.717, 1.165) is 0 Å². The number of piperidine rings is 1. The number of alkyl halides is 3. The molecule has 7 heteroatoms. The molecule has 1 aliphatic rings. The van der Waals surface area contributed by atoms with Crippen LogP contribution in [0, 0.1) is 5.41 Å². The van der Waals surface area contributed by atoms with Gasteiger partial charge >= 0.3 is 12.1 Å². The SMILES string of the molecule is N=C1CCCC(C(F)(F)F)N1CC(=O)O. The van der Waals surface area contributed by atoms with Gasteiger partial charge in [-0.15, -0.1) is 0 Å². The van der Waals surface area contributed by atoms with Gasteiger partial charge in [-0.25, -0.2) is 0 Å². The lowest BCUT2D eigenvalue weighted by molar-refractivity contribution is -0.180. The van der Waals surface area contributed by atoms with E-state index in [1.165, 1.54) is 0 Å². The number of hydrogen-bond acceptors (Lipinski definition) is 2. The fourth-order valence-corrected chi connectivity index (χ4v) is 1.64. The molecule has 0 spiro atoms. The number of nitrogens with zero attached hydrogens (tertiary/aromatic N) is 1. The smallest absolute Gasteiger partial charge is 0.408 e. The molecule has 1 unspecified atom stereocenters. The summed E-state index contributed by atoms with van der Waals surface area (Å²) in [6, 6.07) is -1.82. The molecule has 1 saturated heterocycles. The van der Waals surface area contributed by atoms with E-state index in [0.29, 0.717) is 4.90 Å². The Morgan fingerprint density at radius 1 is 1.60 bits per heavy atom. The van der Waals surface area contributed by atoms with E-state index in [1.54, 1.807) is 0 Å². The number of hydrogen-bond donors (Lipinski definition) is 2. The van der Waals surface area contributed by atoms with Gasteiger partial charge in [0.2, 0.25) is 0 Å². The van der Waals surface area contributed by atoms with Gasteiger partial charge in [0.25, 0.3) is 0 Å². The quantitative estimate of drug-likeness (QED) is 0.746. The van der Waals surface area contributed by atoms with Gasteiger partial charge in [0, 0.05) is 6.42 Å². The standard InChI is InChI=1S/C8H11F3N2O2/c9-8(10,11)5-2-1-3-6(12)13(5)4-7(14)15/h5,12H,1-4H2,(H,14,15). The molecule has 0 radical (unpaired) electrons. The molecule has 0 aromatic heterocycles. The molecule has 0 aromatic rings. The maximum Gasteiger partial charge on any atom is 0.408 e. The van der Waals surface area contributed by atoms with Gasteiger partial charge in [0.1, 0.15) is 12.6 Å². The summed E-state index contributed by atoms with van der Waals surface area (Å²) in [6.07, 6.45) is -4.12. The Hall–Kier alpha value is -1.27. The molecular weight excluding hydrogens is 213 g/mol. The number of aliphatic carboxylic acids is 1. The van der Waals surface area contributed by atoms with Crippen LogP contribution in [0.3, 0.4) is 0 Å². The van der Waals surface area contributed by atoms with Crippen molar-refractivity contribution < 1.29 is 23.1 Å². The van der Waals surface area contributed by atoms with Crippen LogP contribution in [0.25, 0.3) is 0 Å². The van der Waals surface area contributed by atoms with Crippen molar-refractivity contribution in [3.8, 4) is 0 Å². The molecule has 0 amide bonds. The molecule has 1 atom stereocenters. The Balaban J connectivity index is 2.82. The number of carboxylic acid groups (broad SMARTS) is 1. The molecule has 15 heavy (non-hydrogen) atoms. The first-order chi connectivity index (χ1) is 6.82. The van der Waals surface area contributed by atoms with Crippen LogP contribution in [0.4, 0.5) is 13.2 Å². The summed E-state index contributed by atoms with van der Waals surface area (Å²) in [5.41, 5.74) is 0. The summed E-state index contributed by atoms with van der Waals surface area (Å²) in [6.45, 7) is -0.761. The maximum atomic E-state index is 12.5. The van der Waals surface area contributed by atoms with Gasteiger partial charge in [-0.1, -0.05) is 0 Å². The van der Waals surface area contributed by atoms with Crippen molar-refractivity contribution in [1.29, 1.82) is 5.41 Å². The van der Waals surface area contributed by atoms with Gasteiger partial charge < -0.3 is 10.0 Å². The summed E-state index contributed by atoms with van der Waals surface area (Å²) < 4.78 is 37.5. The average Bonchev–Trinajstić information content (AvgIpc) is 2.05. The number of halogens is 3. The van der Waals surface area contributed by atoms with Crippen LogP contribution in [0.2, 0.25) is 0 Å². The molecule has 0 saturated carbocycles. The largest absolute Gasteiger partial charge is 0.480 e. The molecule has 1 fully saturated rings. The normalized spacial score (nSPS) is 23.0. The molecule has 4 nitrogen and oxygen atoms in total. The van der Waals surface area contributed by atoms with Crippen LogP contribution in [0.15, 0.2) is 0 Å². The van der Waals surface area contributed by atoms with Crippen LogP contribution >= 0.6 is 0 Å². The van der Waals surface area contributed by atoms with Crippen molar-refractivity contribution in [3.05, 3.63) is 0 Å². The first kappa shape index (κ1) is 11.8. The zero-order valence-electron chi connectivity index (χ0n) is 7.84. The van der Waals surface area contributed by atoms with Crippen LogP contribution in [0.1, 0.15) is 19.3 Å². The first-order valence-electron chi connectivity index (χ1n) is 4.45. The van der Waals surface area contributed by atoms with Crippen molar-refractivity contribution in [3.63, 3.8) is 0 Å². The lowest BCUT2D eigenvalue weighted by Crippen LogP contribution is -2.52. The molecule has 0 aromatic carbocycles. The summed E-state index contributed by atoms with van der Waals surface area (Å²) >= 11 is 0. The van der Waals surface area contributed by atoms with Crippen molar-refractivity contribution in [2.45, 2.75) is 31.5 Å². The first-order valence-corrected chi connectivity index (χ1v) is 4.45. The second-order valence-corrected chi connectivity index (χ2v) is 3.42. The molecule has 1 heterocycles. The minimum atomic E-state index is -4.47. The molecule has 0 bridgehead atoms. The number of carbonyl (C=O) groups is 1. The highest BCUT2D eigenvalue weighted by molar-refractivity contribution is 5.84. The highest BCUT2D eigenvalue weighted by atomic mass is 19.4. The van der Waals surface area contributed by atoms with Crippen LogP contribution in [-0.4, -0.2) is 40.6 Å². The second-order valence-electron chi connectivity index (χ2n) is 3.42. The summed E-state index contributed by atoms with van der Waals surface area (Å²) in [4.78, 5) is 11.0. The zero-order valence-corrected chi connectivity index (χ0v) is 7.84. The third kappa shape index (κ3) is 2.84. The van der Waals surface area contributed by atoms with E-state index in [2.05, 4.69) is 0 Å². The predicted molar refractivity (Wildman–Crippen MR) is 45.8 cm³/mol. The van der Waals surface area contributed by atoms with E-state index in [-0.39, 0.29) is 25.1 Å². The minimum absolute atomic E-state index is 0.140. The van der Waals surface area contributed by atoms with Gasteiger partial charge in [0.15, 0.2) is 0 Å². The fraction of sp³-hybridized carbons (Fsp3) is 0.750. The summed E-state index contributed by atoms with van der Waals surface area (Å²) in [7, 11) is 0. The maximum absolute atomic E-state index is 12.5. The molecule has 86 valence electrons. The highest BCUT2D eigenvalue weighted by Crippen LogP contribution is 2.32. The summed E-state index contributed by atoms with van der Waals surface area (Å²) in [5, 5.41) is 15.8. The molecule has 0 aliphatic carbocycles. The average molecular weight is 224 g/mol. The van der Waals surface area contributed by atoms with Crippen molar-refractivity contribution in [1.82, 2.24) is 4.90 Å². The fourth-order valence-electron chi connectivity index (χ4n) is 1.64. The lowest BCUT2D eigenvalue weighted by Gasteiger charge is -2.37. The Kier molecular flexibility index (Phi) is 3.21. The molecule has 1 aliphatic heterocycles. The van der Waals surface area contributed by atoms with Crippen LogP contribution in [-0.2, 0) is 4.79 Å². The van der Waals surface area contributed by atoms with Gasteiger partial charge in [-0.2, -0.15) is 13.2 Å². The highest BCUT2D eigenvalue weighted by Gasteiger charge is 2.46. The van der Waals surface area contributed by atoms with Gasteiger partial charge in [-0.05, 0) is 12.8 Å². The van der Waals surface area contributed by atoms with Crippen LogP contribution < -0.4 is 0 Å². The number of carboxylic acids is 1. The van der Waals surface area contributed by atoms with Gasteiger partial charge in [0.05, 0.1) is 5.84 Å². The van der Waals surface area contributed by atoms with Crippen molar-refractivity contribution >= 4 is 11.8 Å². The third-order valence-corrected chi connectivity index (χ3v) is 2.30. The van der Waals surface area contributed by atoms with E-state index >= 15 is 0 Å². The van der Waals surface area contributed by atoms with E-state index in [9.17, 15) is 18.0 Å². The third-order valence-electron chi connectivity index (χ3n) is 2.30. The van der Waals surface area contributed by atoms with E-state index in [1.807, 2.05) is 0 Å². The van der Waals surface area contributed by atoms with E-state index in [4.69, 9.17) is 10.5 Å². The Morgan fingerprint density at radius 3 is 2.67 bits per heavy atom. The van der Waals surface area contributed by atoms with Crippen molar-refractivity contribution in [2.75, 3.05) is 6.54 Å². The molecule has 1 rings (SSSR count). The minimum Gasteiger partial charge on any atom is -0.480 e. The zero-order chi connectivity index (χ0) is 11.6. The monoisotopic (exact) mass is 224 g/mol. The number of nitrogens with one attached hydrogen (secondary N) is 1. The molecular formula is C8H11F3N2O2. The summed E-state index contributed by atoms with van der Waals surface area (Å²) in [5.74, 6) is -1.60.